The van der Waals surface area contributed by atoms with Gasteiger partial charge >= 0.3 is 0 Å². The maximum absolute atomic E-state index is 9.60. The molecule has 1 saturated carbocycles. The Balaban J connectivity index is 1.94. The molecule has 1 aromatic rings. The van der Waals surface area contributed by atoms with Gasteiger partial charge in [0.1, 0.15) is 11.9 Å². The molecule has 1 aromatic heterocycles. The lowest BCUT2D eigenvalue weighted by Gasteiger charge is -2.35. The highest BCUT2D eigenvalue weighted by Gasteiger charge is 2.31. The van der Waals surface area contributed by atoms with Gasteiger partial charge in [0, 0.05) is 18.2 Å². The number of nitrogens with zero attached hydrogens (tertiary/aromatic N) is 2. The van der Waals surface area contributed by atoms with Crippen LogP contribution in [0, 0.1) is 16.7 Å². The van der Waals surface area contributed by atoms with Crippen molar-refractivity contribution in [1.29, 1.82) is 5.26 Å². The molecular weight excluding hydrogens is 226 g/mol. The Hall–Kier alpha value is -1.60. The smallest absolute Gasteiger partial charge is 0.125 e. The highest BCUT2D eigenvalue weighted by atomic mass is 16.3. The Kier molecular flexibility index (Phi) is 4.16. The third kappa shape index (κ3) is 2.99. The average Bonchev–Trinajstić information content (AvgIpc) is 2.47. The predicted octanol–water partition coefficient (Wildman–Crippen LogP) is 2.31. The molecule has 1 heterocycles. The van der Waals surface area contributed by atoms with Gasteiger partial charge < -0.3 is 10.4 Å². The van der Waals surface area contributed by atoms with Crippen molar-refractivity contribution in [3.63, 3.8) is 0 Å². The van der Waals surface area contributed by atoms with Crippen LogP contribution in [-0.2, 0) is 0 Å². The number of nitrogens with one attached hydrogen (secondary N) is 1. The molecule has 0 saturated heterocycles. The number of anilines is 1. The molecule has 4 heteroatoms. The van der Waals surface area contributed by atoms with Gasteiger partial charge in [-0.1, -0.05) is 19.3 Å². The van der Waals surface area contributed by atoms with Crippen molar-refractivity contribution in [3.8, 4) is 6.07 Å². The molecule has 0 spiro atoms. The van der Waals surface area contributed by atoms with Gasteiger partial charge in [0.2, 0.25) is 0 Å². The summed E-state index contributed by atoms with van der Waals surface area (Å²) in [5, 5.41) is 21.6. The van der Waals surface area contributed by atoms with Gasteiger partial charge in [-0.25, -0.2) is 4.98 Å². The summed E-state index contributed by atoms with van der Waals surface area (Å²) in [4.78, 5) is 4.18. The number of nitriles is 1. The standard InChI is InChI=1S/C14H19N3O/c15-8-12-4-5-13(16-9-12)17-10-14(11-18)6-2-1-3-7-14/h4-5,9,18H,1-3,6-7,10-11H2,(H,16,17). The van der Waals surface area contributed by atoms with Gasteiger partial charge in [0.15, 0.2) is 0 Å². The quantitative estimate of drug-likeness (QED) is 0.854. The zero-order valence-electron chi connectivity index (χ0n) is 10.5. The SMILES string of the molecule is N#Cc1ccc(NCC2(CO)CCCCC2)nc1. The van der Waals surface area contributed by atoms with E-state index in [1.807, 2.05) is 12.1 Å². The Morgan fingerprint density at radius 1 is 1.33 bits per heavy atom. The highest BCUT2D eigenvalue weighted by Crippen LogP contribution is 2.35. The van der Waals surface area contributed by atoms with Crippen LogP contribution in [0.25, 0.3) is 0 Å². The second-order valence-electron chi connectivity index (χ2n) is 5.12. The fourth-order valence-electron chi connectivity index (χ4n) is 2.54. The molecule has 2 N–H and O–H groups in total. The molecule has 18 heavy (non-hydrogen) atoms. The summed E-state index contributed by atoms with van der Waals surface area (Å²) in [5.41, 5.74) is 0.573. The van der Waals surface area contributed by atoms with Crippen molar-refractivity contribution >= 4 is 5.82 Å². The fraction of sp³-hybridized carbons (Fsp3) is 0.571. The van der Waals surface area contributed by atoms with Crippen LogP contribution in [0.4, 0.5) is 5.82 Å². The van der Waals surface area contributed by atoms with Gasteiger partial charge in [-0.05, 0) is 25.0 Å². The summed E-state index contributed by atoms with van der Waals surface area (Å²) in [6, 6.07) is 5.61. The molecule has 0 bridgehead atoms. The Bertz CT molecular complexity index is 416. The topological polar surface area (TPSA) is 68.9 Å². The molecule has 0 radical (unpaired) electrons. The number of aromatic nitrogens is 1. The van der Waals surface area contributed by atoms with Crippen molar-refractivity contribution in [3.05, 3.63) is 23.9 Å². The first-order chi connectivity index (χ1) is 8.78. The molecule has 1 fully saturated rings. The average molecular weight is 245 g/mol. The van der Waals surface area contributed by atoms with Crippen LogP contribution in [0.2, 0.25) is 0 Å². The zero-order chi connectivity index (χ0) is 12.8. The Morgan fingerprint density at radius 3 is 2.67 bits per heavy atom. The molecule has 0 aromatic carbocycles. The first-order valence-electron chi connectivity index (χ1n) is 6.49. The lowest BCUT2D eigenvalue weighted by atomic mass is 9.74. The van der Waals surface area contributed by atoms with E-state index in [0.717, 1.165) is 25.2 Å². The van der Waals surface area contributed by atoms with Crippen LogP contribution >= 0.6 is 0 Å². The fourth-order valence-corrected chi connectivity index (χ4v) is 2.54. The molecule has 0 amide bonds. The summed E-state index contributed by atoms with van der Waals surface area (Å²) >= 11 is 0. The van der Waals surface area contributed by atoms with Crippen LogP contribution in [0.15, 0.2) is 18.3 Å². The minimum absolute atomic E-state index is 0.00777. The minimum atomic E-state index is 0.00777. The number of aliphatic hydroxyl groups is 1. The van der Waals surface area contributed by atoms with E-state index in [2.05, 4.69) is 10.3 Å². The summed E-state index contributed by atoms with van der Waals surface area (Å²) in [7, 11) is 0. The summed E-state index contributed by atoms with van der Waals surface area (Å²) in [6.45, 7) is 0.985. The summed E-state index contributed by atoms with van der Waals surface area (Å²) in [6.07, 6.45) is 7.39. The third-order valence-electron chi connectivity index (χ3n) is 3.79. The lowest BCUT2D eigenvalue weighted by molar-refractivity contribution is 0.0943. The predicted molar refractivity (Wildman–Crippen MR) is 70.0 cm³/mol. The van der Waals surface area contributed by atoms with E-state index in [1.54, 1.807) is 12.3 Å². The summed E-state index contributed by atoms with van der Waals surface area (Å²) < 4.78 is 0. The zero-order valence-corrected chi connectivity index (χ0v) is 10.5. The number of pyridine rings is 1. The maximum atomic E-state index is 9.60. The van der Waals surface area contributed by atoms with E-state index in [1.165, 1.54) is 19.3 Å². The highest BCUT2D eigenvalue weighted by molar-refractivity contribution is 5.39. The van der Waals surface area contributed by atoms with Gasteiger partial charge in [0.05, 0.1) is 12.2 Å². The van der Waals surface area contributed by atoms with Crippen molar-refractivity contribution in [2.24, 2.45) is 5.41 Å². The molecule has 1 aliphatic rings. The van der Waals surface area contributed by atoms with Gasteiger partial charge in [-0.3, -0.25) is 0 Å². The van der Waals surface area contributed by atoms with Gasteiger partial charge in [-0.2, -0.15) is 5.26 Å². The molecular formula is C14H19N3O. The number of hydrogen-bond donors (Lipinski definition) is 2. The van der Waals surface area contributed by atoms with Crippen LogP contribution < -0.4 is 5.32 Å². The van der Waals surface area contributed by atoms with Crippen LogP contribution in [0.3, 0.4) is 0 Å². The molecule has 0 atom stereocenters. The molecule has 0 unspecified atom stereocenters. The van der Waals surface area contributed by atoms with Crippen molar-refractivity contribution in [1.82, 2.24) is 4.98 Å². The van der Waals surface area contributed by atoms with E-state index in [9.17, 15) is 5.11 Å². The molecule has 96 valence electrons. The largest absolute Gasteiger partial charge is 0.396 e. The van der Waals surface area contributed by atoms with Crippen molar-refractivity contribution in [2.45, 2.75) is 32.1 Å². The summed E-state index contributed by atoms with van der Waals surface area (Å²) in [5.74, 6) is 0.771. The first-order valence-corrected chi connectivity index (χ1v) is 6.49. The van der Waals surface area contributed by atoms with Crippen LogP contribution in [-0.4, -0.2) is 23.2 Å². The molecule has 2 rings (SSSR count). The van der Waals surface area contributed by atoms with E-state index in [-0.39, 0.29) is 12.0 Å². The molecule has 0 aliphatic heterocycles. The van der Waals surface area contributed by atoms with E-state index < -0.39 is 0 Å². The second-order valence-corrected chi connectivity index (χ2v) is 5.12. The number of hydrogen-bond acceptors (Lipinski definition) is 4. The molecule has 1 aliphatic carbocycles. The van der Waals surface area contributed by atoms with Crippen LogP contribution in [0.1, 0.15) is 37.7 Å². The normalized spacial score (nSPS) is 18.0. The first kappa shape index (κ1) is 12.8. The van der Waals surface area contributed by atoms with E-state index in [4.69, 9.17) is 5.26 Å². The molecule has 4 nitrogen and oxygen atoms in total. The number of aliphatic hydroxyl groups excluding tert-OH is 1. The number of rotatable bonds is 4. The minimum Gasteiger partial charge on any atom is -0.396 e. The van der Waals surface area contributed by atoms with Gasteiger partial charge in [0.25, 0.3) is 0 Å². The Labute approximate surface area is 108 Å². The second kappa shape index (κ2) is 5.83. The maximum Gasteiger partial charge on any atom is 0.125 e. The lowest BCUT2D eigenvalue weighted by Crippen LogP contribution is -2.35. The van der Waals surface area contributed by atoms with E-state index in [0.29, 0.717) is 5.56 Å². The van der Waals surface area contributed by atoms with E-state index >= 15 is 0 Å². The van der Waals surface area contributed by atoms with Gasteiger partial charge in [-0.15, -0.1) is 0 Å². The van der Waals surface area contributed by atoms with Crippen molar-refractivity contribution < 1.29 is 5.11 Å². The monoisotopic (exact) mass is 245 g/mol. The Morgan fingerprint density at radius 2 is 2.11 bits per heavy atom. The van der Waals surface area contributed by atoms with Crippen molar-refractivity contribution in [2.75, 3.05) is 18.5 Å². The van der Waals surface area contributed by atoms with Crippen LogP contribution in [0.5, 0.6) is 0 Å². The third-order valence-corrected chi connectivity index (χ3v) is 3.79.